The van der Waals surface area contributed by atoms with Gasteiger partial charge >= 0.3 is 0 Å². The average molecular weight is 273 g/mol. The SMILES string of the molecule is CCNC(C)(COc1cccc2cccnc12)C(N)=O. The number of para-hydroxylation sites is 1. The minimum atomic E-state index is -0.897. The summed E-state index contributed by atoms with van der Waals surface area (Å²) in [5.41, 5.74) is 5.32. The Morgan fingerprint density at radius 1 is 1.40 bits per heavy atom. The highest BCUT2D eigenvalue weighted by molar-refractivity contribution is 5.85. The summed E-state index contributed by atoms with van der Waals surface area (Å²) in [6.45, 7) is 4.44. The highest BCUT2D eigenvalue weighted by Crippen LogP contribution is 2.23. The number of nitrogens with zero attached hydrogens (tertiary/aromatic N) is 1. The first kappa shape index (κ1) is 14.3. The van der Waals surface area contributed by atoms with Crippen molar-refractivity contribution < 1.29 is 9.53 Å². The molecule has 0 spiro atoms. The van der Waals surface area contributed by atoms with Gasteiger partial charge in [-0.25, -0.2) is 0 Å². The Bertz CT molecular complexity index is 610. The maximum absolute atomic E-state index is 11.6. The molecule has 5 heteroatoms. The lowest BCUT2D eigenvalue weighted by Gasteiger charge is -2.27. The minimum absolute atomic E-state index is 0.159. The van der Waals surface area contributed by atoms with E-state index in [0.717, 1.165) is 10.9 Å². The fraction of sp³-hybridized carbons (Fsp3) is 0.333. The van der Waals surface area contributed by atoms with Crippen LogP contribution in [0.25, 0.3) is 10.9 Å². The Labute approximate surface area is 118 Å². The molecule has 2 aromatic rings. The maximum Gasteiger partial charge on any atom is 0.240 e. The Hall–Kier alpha value is -2.14. The number of primary amides is 1. The van der Waals surface area contributed by atoms with Gasteiger partial charge in [-0.2, -0.15) is 0 Å². The van der Waals surface area contributed by atoms with Gasteiger partial charge in [0.15, 0.2) is 0 Å². The zero-order chi connectivity index (χ0) is 14.6. The topological polar surface area (TPSA) is 77.2 Å². The molecule has 1 heterocycles. The number of rotatable bonds is 6. The number of hydrogen-bond donors (Lipinski definition) is 2. The zero-order valence-corrected chi connectivity index (χ0v) is 11.7. The number of nitrogens with two attached hydrogens (primary N) is 1. The monoisotopic (exact) mass is 273 g/mol. The number of carbonyl (C=O) groups is 1. The van der Waals surface area contributed by atoms with Crippen LogP contribution in [0.5, 0.6) is 5.75 Å². The van der Waals surface area contributed by atoms with E-state index in [4.69, 9.17) is 10.5 Å². The second-order valence-electron chi connectivity index (χ2n) is 4.85. The summed E-state index contributed by atoms with van der Waals surface area (Å²) in [6, 6.07) is 9.54. The van der Waals surface area contributed by atoms with Gasteiger partial charge in [0.05, 0.1) is 0 Å². The number of nitrogens with one attached hydrogen (secondary N) is 1. The maximum atomic E-state index is 11.6. The Kier molecular flexibility index (Phi) is 4.20. The molecule has 2 rings (SSSR count). The van der Waals surface area contributed by atoms with Crippen LogP contribution in [0.2, 0.25) is 0 Å². The summed E-state index contributed by atoms with van der Waals surface area (Å²) in [4.78, 5) is 15.9. The predicted octanol–water partition coefficient (Wildman–Crippen LogP) is 1.47. The summed E-state index contributed by atoms with van der Waals surface area (Å²) < 4.78 is 5.77. The third-order valence-electron chi connectivity index (χ3n) is 3.22. The number of fused-ring (bicyclic) bond motifs is 1. The number of benzene rings is 1. The quantitative estimate of drug-likeness (QED) is 0.835. The van der Waals surface area contributed by atoms with E-state index in [1.807, 2.05) is 37.3 Å². The largest absolute Gasteiger partial charge is 0.489 e. The van der Waals surface area contributed by atoms with Crippen LogP contribution in [-0.4, -0.2) is 29.6 Å². The van der Waals surface area contributed by atoms with Crippen LogP contribution in [0.1, 0.15) is 13.8 Å². The lowest BCUT2D eigenvalue weighted by Crippen LogP contribution is -2.57. The van der Waals surface area contributed by atoms with Crippen molar-refractivity contribution >= 4 is 16.8 Å². The molecule has 0 aliphatic carbocycles. The van der Waals surface area contributed by atoms with Crippen LogP contribution in [0.4, 0.5) is 0 Å². The van der Waals surface area contributed by atoms with Gasteiger partial charge < -0.3 is 15.8 Å². The van der Waals surface area contributed by atoms with Gasteiger partial charge in [-0.1, -0.05) is 25.1 Å². The molecule has 1 aromatic carbocycles. The van der Waals surface area contributed by atoms with Crippen LogP contribution in [0.15, 0.2) is 36.5 Å². The van der Waals surface area contributed by atoms with E-state index in [1.165, 1.54) is 0 Å². The predicted molar refractivity (Wildman–Crippen MR) is 78.5 cm³/mol. The van der Waals surface area contributed by atoms with E-state index < -0.39 is 11.4 Å². The van der Waals surface area contributed by atoms with E-state index in [-0.39, 0.29) is 6.61 Å². The first-order valence-corrected chi connectivity index (χ1v) is 6.58. The van der Waals surface area contributed by atoms with E-state index in [0.29, 0.717) is 12.3 Å². The van der Waals surface area contributed by atoms with E-state index in [2.05, 4.69) is 10.3 Å². The highest BCUT2D eigenvalue weighted by atomic mass is 16.5. The second-order valence-corrected chi connectivity index (χ2v) is 4.85. The lowest BCUT2D eigenvalue weighted by molar-refractivity contribution is -0.124. The van der Waals surface area contributed by atoms with Gasteiger partial charge in [-0.15, -0.1) is 0 Å². The second kappa shape index (κ2) is 5.88. The summed E-state index contributed by atoms with van der Waals surface area (Å²) in [6.07, 6.45) is 1.72. The summed E-state index contributed by atoms with van der Waals surface area (Å²) >= 11 is 0. The molecule has 0 aliphatic rings. The van der Waals surface area contributed by atoms with Crippen molar-refractivity contribution in [1.29, 1.82) is 0 Å². The van der Waals surface area contributed by atoms with Crippen molar-refractivity contribution in [3.63, 3.8) is 0 Å². The van der Waals surface area contributed by atoms with Crippen LogP contribution >= 0.6 is 0 Å². The summed E-state index contributed by atoms with van der Waals surface area (Å²) in [5.74, 6) is 0.209. The van der Waals surface area contributed by atoms with Gasteiger partial charge in [0.2, 0.25) is 5.91 Å². The minimum Gasteiger partial charge on any atom is -0.489 e. The number of hydrogen-bond acceptors (Lipinski definition) is 4. The van der Waals surface area contributed by atoms with Gasteiger partial charge in [-0.3, -0.25) is 9.78 Å². The summed E-state index contributed by atoms with van der Waals surface area (Å²) in [7, 11) is 0. The molecule has 0 fully saturated rings. The van der Waals surface area contributed by atoms with Crippen LogP contribution in [0.3, 0.4) is 0 Å². The molecule has 20 heavy (non-hydrogen) atoms. The van der Waals surface area contributed by atoms with E-state index >= 15 is 0 Å². The van der Waals surface area contributed by atoms with Gasteiger partial charge in [0.25, 0.3) is 0 Å². The van der Waals surface area contributed by atoms with Crippen molar-refractivity contribution in [3.8, 4) is 5.75 Å². The average Bonchev–Trinajstić information content (AvgIpc) is 2.45. The fourth-order valence-electron chi connectivity index (χ4n) is 2.01. The van der Waals surface area contributed by atoms with Gasteiger partial charge in [0, 0.05) is 11.6 Å². The number of ether oxygens (including phenoxy) is 1. The number of aromatic nitrogens is 1. The van der Waals surface area contributed by atoms with E-state index in [1.54, 1.807) is 13.1 Å². The van der Waals surface area contributed by atoms with E-state index in [9.17, 15) is 4.79 Å². The molecular weight excluding hydrogens is 254 g/mol. The number of carbonyl (C=O) groups excluding carboxylic acids is 1. The molecule has 0 aliphatic heterocycles. The molecule has 0 saturated carbocycles. The van der Waals surface area contributed by atoms with Gasteiger partial charge in [-0.05, 0) is 25.6 Å². The van der Waals surface area contributed by atoms with Crippen molar-refractivity contribution in [1.82, 2.24) is 10.3 Å². The zero-order valence-electron chi connectivity index (χ0n) is 11.7. The third-order valence-corrected chi connectivity index (χ3v) is 3.22. The van der Waals surface area contributed by atoms with Crippen molar-refractivity contribution in [2.24, 2.45) is 5.73 Å². The molecular formula is C15H19N3O2. The Balaban J connectivity index is 2.22. The first-order valence-electron chi connectivity index (χ1n) is 6.58. The normalized spacial score (nSPS) is 13.9. The molecule has 106 valence electrons. The smallest absolute Gasteiger partial charge is 0.240 e. The Morgan fingerprint density at radius 2 is 2.15 bits per heavy atom. The lowest BCUT2D eigenvalue weighted by atomic mass is 10.0. The molecule has 0 radical (unpaired) electrons. The standard InChI is InChI=1S/C15H19N3O2/c1-3-18-15(2,14(16)19)10-20-12-8-4-6-11-7-5-9-17-13(11)12/h4-9,18H,3,10H2,1-2H3,(H2,16,19). The van der Waals surface area contributed by atoms with Crippen molar-refractivity contribution in [2.45, 2.75) is 19.4 Å². The van der Waals surface area contributed by atoms with Gasteiger partial charge in [0.1, 0.15) is 23.4 Å². The van der Waals surface area contributed by atoms with Crippen LogP contribution in [-0.2, 0) is 4.79 Å². The molecule has 1 unspecified atom stereocenters. The molecule has 1 amide bonds. The fourth-order valence-corrected chi connectivity index (χ4v) is 2.01. The highest BCUT2D eigenvalue weighted by Gasteiger charge is 2.31. The van der Waals surface area contributed by atoms with Crippen molar-refractivity contribution in [2.75, 3.05) is 13.2 Å². The number of likely N-dealkylation sites (N-methyl/N-ethyl adjacent to an activating group) is 1. The Morgan fingerprint density at radius 3 is 2.85 bits per heavy atom. The number of amides is 1. The summed E-state index contributed by atoms with van der Waals surface area (Å²) in [5, 5.41) is 4.05. The van der Waals surface area contributed by atoms with Crippen molar-refractivity contribution in [3.05, 3.63) is 36.5 Å². The molecule has 3 N–H and O–H groups in total. The molecule has 0 saturated heterocycles. The first-order chi connectivity index (χ1) is 9.57. The van der Waals surface area contributed by atoms with Crippen LogP contribution < -0.4 is 15.8 Å². The number of pyridine rings is 1. The third kappa shape index (κ3) is 2.88. The molecule has 1 atom stereocenters. The molecule has 5 nitrogen and oxygen atoms in total. The molecule has 1 aromatic heterocycles. The van der Waals surface area contributed by atoms with Crippen LogP contribution in [0, 0.1) is 0 Å². The molecule has 0 bridgehead atoms.